The van der Waals surface area contributed by atoms with Crippen LogP contribution < -0.4 is 5.73 Å². The highest BCUT2D eigenvalue weighted by molar-refractivity contribution is 7.91. The fraction of sp³-hybridized carbons (Fsp3) is 1.00. The SMILES string of the molecule is CCN(CC)C1(CN)CCCS(=O)(=O)C1. The number of nitrogens with zero attached hydrogens (tertiary/aromatic N) is 1. The number of likely N-dealkylation sites (N-methyl/N-ethyl adjacent to an activating group) is 1. The minimum Gasteiger partial charge on any atom is -0.329 e. The molecule has 0 amide bonds. The van der Waals surface area contributed by atoms with Gasteiger partial charge in [0.05, 0.1) is 11.5 Å². The molecule has 1 unspecified atom stereocenters. The van der Waals surface area contributed by atoms with Crippen molar-refractivity contribution in [2.24, 2.45) is 5.73 Å². The number of sulfone groups is 1. The van der Waals surface area contributed by atoms with E-state index in [-0.39, 0.29) is 11.3 Å². The minimum atomic E-state index is -2.89. The normalized spacial score (nSPS) is 30.7. The van der Waals surface area contributed by atoms with Crippen LogP contribution in [0, 0.1) is 0 Å². The Bertz CT molecular complexity index is 299. The summed E-state index contributed by atoms with van der Waals surface area (Å²) >= 11 is 0. The van der Waals surface area contributed by atoms with Crippen LogP contribution in [0.3, 0.4) is 0 Å². The lowest BCUT2D eigenvalue weighted by molar-refractivity contribution is 0.113. The summed E-state index contributed by atoms with van der Waals surface area (Å²) in [4.78, 5) is 2.20. The lowest BCUT2D eigenvalue weighted by Crippen LogP contribution is -2.60. The smallest absolute Gasteiger partial charge is 0.152 e. The lowest BCUT2D eigenvalue weighted by atomic mass is 9.93. The van der Waals surface area contributed by atoms with Gasteiger partial charge in [-0.25, -0.2) is 8.42 Å². The Balaban J connectivity index is 2.93. The summed E-state index contributed by atoms with van der Waals surface area (Å²) in [5.74, 6) is 0.564. The molecule has 5 heteroatoms. The maximum absolute atomic E-state index is 11.7. The summed E-state index contributed by atoms with van der Waals surface area (Å²) in [6.07, 6.45) is 1.65. The van der Waals surface area contributed by atoms with E-state index in [1.807, 2.05) is 0 Å². The number of hydrogen-bond donors (Lipinski definition) is 1. The lowest BCUT2D eigenvalue weighted by Gasteiger charge is -2.44. The molecule has 0 bridgehead atoms. The Hall–Kier alpha value is -0.130. The number of rotatable bonds is 4. The summed E-state index contributed by atoms with van der Waals surface area (Å²) in [5, 5.41) is 0. The zero-order chi connectivity index (χ0) is 11.5. The summed E-state index contributed by atoms with van der Waals surface area (Å²) in [6, 6.07) is 0. The van der Waals surface area contributed by atoms with Crippen LogP contribution in [-0.2, 0) is 9.84 Å². The second kappa shape index (κ2) is 4.80. The third-order valence-electron chi connectivity index (χ3n) is 3.40. The Morgan fingerprint density at radius 3 is 2.33 bits per heavy atom. The van der Waals surface area contributed by atoms with Gasteiger partial charge in [0, 0.05) is 12.1 Å². The van der Waals surface area contributed by atoms with Crippen molar-refractivity contribution in [3.63, 3.8) is 0 Å². The molecule has 0 spiro atoms. The van der Waals surface area contributed by atoms with Crippen LogP contribution in [0.2, 0.25) is 0 Å². The van der Waals surface area contributed by atoms with Crippen molar-refractivity contribution in [1.29, 1.82) is 0 Å². The van der Waals surface area contributed by atoms with Crippen LogP contribution in [0.4, 0.5) is 0 Å². The molecule has 4 nitrogen and oxygen atoms in total. The predicted molar refractivity (Wildman–Crippen MR) is 62.6 cm³/mol. The molecule has 1 rings (SSSR count). The summed E-state index contributed by atoms with van der Waals surface area (Å²) in [7, 11) is -2.89. The largest absolute Gasteiger partial charge is 0.329 e. The summed E-state index contributed by atoms with van der Waals surface area (Å²) in [5.41, 5.74) is 5.50. The Labute approximate surface area is 92.7 Å². The van der Waals surface area contributed by atoms with Crippen LogP contribution in [0.1, 0.15) is 26.7 Å². The van der Waals surface area contributed by atoms with Gasteiger partial charge < -0.3 is 5.73 Å². The third-order valence-corrected chi connectivity index (χ3v) is 5.29. The molecule has 0 saturated carbocycles. The van der Waals surface area contributed by atoms with Gasteiger partial charge in [0.1, 0.15) is 0 Å². The summed E-state index contributed by atoms with van der Waals surface area (Å²) in [6.45, 7) is 6.28. The van der Waals surface area contributed by atoms with E-state index in [1.165, 1.54) is 0 Å². The summed E-state index contributed by atoms with van der Waals surface area (Å²) < 4.78 is 23.4. The van der Waals surface area contributed by atoms with Gasteiger partial charge in [0.15, 0.2) is 9.84 Å². The van der Waals surface area contributed by atoms with Crippen LogP contribution in [0.15, 0.2) is 0 Å². The third kappa shape index (κ3) is 2.71. The molecule has 1 atom stereocenters. The highest BCUT2D eigenvalue weighted by Gasteiger charge is 2.41. The molecule has 1 aliphatic rings. The van der Waals surface area contributed by atoms with Crippen molar-refractivity contribution in [3.05, 3.63) is 0 Å². The van der Waals surface area contributed by atoms with E-state index in [9.17, 15) is 8.42 Å². The molecule has 0 aromatic rings. The van der Waals surface area contributed by atoms with Gasteiger partial charge in [-0.1, -0.05) is 13.8 Å². The second-order valence-corrected chi connectivity index (χ2v) is 6.48. The standard InChI is InChI=1S/C10H22N2O2S/c1-3-12(4-2)10(8-11)6-5-7-15(13,14)9-10/h3-9,11H2,1-2H3. The Morgan fingerprint density at radius 1 is 1.33 bits per heavy atom. The highest BCUT2D eigenvalue weighted by Crippen LogP contribution is 2.28. The number of hydrogen-bond acceptors (Lipinski definition) is 4. The van der Waals surface area contributed by atoms with Crippen LogP contribution in [-0.4, -0.2) is 50.0 Å². The van der Waals surface area contributed by atoms with E-state index in [0.717, 1.165) is 25.9 Å². The molecule has 1 saturated heterocycles. The molecule has 90 valence electrons. The zero-order valence-corrected chi connectivity index (χ0v) is 10.5. The van der Waals surface area contributed by atoms with E-state index in [1.54, 1.807) is 0 Å². The van der Waals surface area contributed by atoms with Gasteiger partial charge in [-0.05, 0) is 25.9 Å². The van der Waals surface area contributed by atoms with E-state index >= 15 is 0 Å². The van der Waals surface area contributed by atoms with Crippen LogP contribution in [0.5, 0.6) is 0 Å². The van der Waals surface area contributed by atoms with Gasteiger partial charge in [0.2, 0.25) is 0 Å². The molecule has 0 aromatic heterocycles. The maximum atomic E-state index is 11.7. The van der Waals surface area contributed by atoms with Crippen molar-refractivity contribution in [3.8, 4) is 0 Å². The predicted octanol–water partition coefficient (Wildman–Crippen LogP) is 0.234. The molecule has 1 fully saturated rings. The molecule has 0 aromatic carbocycles. The highest BCUT2D eigenvalue weighted by atomic mass is 32.2. The minimum absolute atomic E-state index is 0.234. The average Bonchev–Trinajstić information content (AvgIpc) is 2.18. The zero-order valence-electron chi connectivity index (χ0n) is 9.70. The van der Waals surface area contributed by atoms with Crippen LogP contribution >= 0.6 is 0 Å². The molecule has 0 aliphatic carbocycles. The van der Waals surface area contributed by atoms with Gasteiger partial charge in [-0.3, -0.25) is 4.90 Å². The van der Waals surface area contributed by atoms with E-state index < -0.39 is 9.84 Å². The fourth-order valence-electron chi connectivity index (χ4n) is 2.61. The van der Waals surface area contributed by atoms with Crippen molar-refractivity contribution in [2.75, 3.05) is 31.1 Å². The van der Waals surface area contributed by atoms with E-state index in [0.29, 0.717) is 12.3 Å². The van der Waals surface area contributed by atoms with Gasteiger partial charge in [-0.2, -0.15) is 0 Å². The van der Waals surface area contributed by atoms with Gasteiger partial charge in [-0.15, -0.1) is 0 Å². The van der Waals surface area contributed by atoms with Crippen molar-refractivity contribution >= 4 is 9.84 Å². The van der Waals surface area contributed by atoms with Gasteiger partial charge >= 0.3 is 0 Å². The average molecular weight is 234 g/mol. The molecule has 15 heavy (non-hydrogen) atoms. The van der Waals surface area contributed by atoms with Crippen molar-refractivity contribution in [1.82, 2.24) is 4.90 Å². The Morgan fingerprint density at radius 2 is 1.93 bits per heavy atom. The second-order valence-electron chi connectivity index (χ2n) is 4.30. The molecular weight excluding hydrogens is 212 g/mol. The maximum Gasteiger partial charge on any atom is 0.152 e. The van der Waals surface area contributed by atoms with E-state index in [2.05, 4.69) is 18.7 Å². The van der Waals surface area contributed by atoms with Crippen LogP contribution in [0.25, 0.3) is 0 Å². The van der Waals surface area contributed by atoms with Crippen molar-refractivity contribution < 1.29 is 8.42 Å². The monoisotopic (exact) mass is 234 g/mol. The molecule has 2 N–H and O–H groups in total. The first-order valence-corrected chi connectivity index (χ1v) is 7.47. The van der Waals surface area contributed by atoms with Crippen molar-refractivity contribution in [2.45, 2.75) is 32.2 Å². The first kappa shape index (κ1) is 12.9. The molecule has 0 radical (unpaired) electrons. The fourth-order valence-corrected chi connectivity index (χ4v) is 4.60. The topological polar surface area (TPSA) is 63.4 Å². The first-order chi connectivity index (χ1) is 6.99. The quantitative estimate of drug-likeness (QED) is 0.756. The van der Waals surface area contributed by atoms with E-state index in [4.69, 9.17) is 5.73 Å². The first-order valence-electron chi connectivity index (χ1n) is 5.65. The number of nitrogens with two attached hydrogens (primary N) is 1. The molecular formula is C10H22N2O2S. The molecule has 1 aliphatic heterocycles. The molecule has 1 heterocycles. The Kier molecular flexibility index (Phi) is 4.14. The van der Waals surface area contributed by atoms with Gasteiger partial charge in [0.25, 0.3) is 0 Å².